The third-order valence-corrected chi connectivity index (χ3v) is 5.85. The Morgan fingerprint density at radius 1 is 0.885 bits per heavy atom. The molecule has 2 amide bonds. The maximum absolute atomic E-state index is 13.0. The highest BCUT2D eigenvalue weighted by Gasteiger charge is 2.34. The molecular formula is C21H31N3O2. The maximum atomic E-state index is 13.0. The van der Waals surface area contributed by atoms with E-state index >= 15 is 0 Å². The standard InChI is InChI=1S/C21H31N3O2/c1-14(2)18-10-6-12-23(18)20(25)16-8-5-9-17(22-16)21(26)24-13-7-11-19(24)15(3)4/h5,8-9,14-15,18-19H,6-7,10-13H2,1-4H3/t18-,19-/m0/s1. The van der Waals surface area contributed by atoms with Gasteiger partial charge in [-0.15, -0.1) is 0 Å². The number of aromatic nitrogens is 1. The smallest absolute Gasteiger partial charge is 0.272 e. The molecule has 3 heterocycles. The fourth-order valence-corrected chi connectivity index (χ4v) is 4.44. The van der Waals surface area contributed by atoms with Crippen molar-refractivity contribution < 1.29 is 9.59 Å². The number of nitrogens with zero attached hydrogens (tertiary/aromatic N) is 3. The number of amides is 2. The summed E-state index contributed by atoms with van der Waals surface area (Å²) in [5, 5.41) is 0. The Morgan fingerprint density at radius 2 is 1.31 bits per heavy atom. The molecule has 0 aromatic carbocycles. The van der Waals surface area contributed by atoms with Crippen LogP contribution >= 0.6 is 0 Å². The number of hydrogen-bond acceptors (Lipinski definition) is 3. The van der Waals surface area contributed by atoms with E-state index in [1.165, 1.54) is 0 Å². The molecule has 2 saturated heterocycles. The summed E-state index contributed by atoms with van der Waals surface area (Å²) in [7, 11) is 0. The molecule has 2 atom stereocenters. The van der Waals surface area contributed by atoms with Crippen LogP contribution in [0.5, 0.6) is 0 Å². The first-order chi connectivity index (χ1) is 12.4. The molecule has 0 bridgehead atoms. The summed E-state index contributed by atoms with van der Waals surface area (Å²) in [6, 6.07) is 5.80. The zero-order valence-corrected chi connectivity index (χ0v) is 16.4. The van der Waals surface area contributed by atoms with Crippen LogP contribution in [-0.4, -0.2) is 51.8 Å². The van der Waals surface area contributed by atoms with Crippen LogP contribution in [0.3, 0.4) is 0 Å². The molecule has 0 spiro atoms. The Kier molecular flexibility index (Phi) is 5.64. The molecule has 0 aliphatic carbocycles. The predicted octanol–water partition coefficient (Wildman–Crippen LogP) is 3.60. The Hall–Kier alpha value is -1.91. The summed E-state index contributed by atoms with van der Waals surface area (Å²) in [5.74, 6) is 0.778. The molecule has 2 aliphatic heterocycles. The number of pyridine rings is 1. The lowest BCUT2D eigenvalue weighted by Gasteiger charge is -2.28. The van der Waals surface area contributed by atoms with Crippen molar-refractivity contribution in [1.29, 1.82) is 0 Å². The zero-order chi connectivity index (χ0) is 18.8. The highest BCUT2D eigenvalue weighted by atomic mass is 16.2. The van der Waals surface area contributed by atoms with Gasteiger partial charge in [0.1, 0.15) is 11.4 Å². The van der Waals surface area contributed by atoms with Crippen LogP contribution in [0.25, 0.3) is 0 Å². The number of rotatable bonds is 4. The SMILES string of the molecule is CC(C)[C@@H]1CCCN1C(=O)c1cccc(C(=O)N2CCC[C@H]2C(C)C)n1. The molecule has 2 aliphatic rings. The third-order valence-electron chi connectivity index (χ3n) is 5.85. The van der Waals surface area contributed by atoms with E-state index in [1.807, 2.05) is 9.80 Å². The van der Waals surface area contributed by atoms with Gasteiger partial charge in [-0.25, -0.2) is 4.98 Å². The minimum absolute atomic E-state index is 0.0438. The van der Waals surface area contributed by atoms with Crippen molar-refractivity contribution >= 4 is 11.8 Å². The highest BCUT2D eigenvalue weighted by Crippen LogP contribution is 2.27. The van der Waals surface area contributed by atoms with E-state index in [4.69, 9.17) is 0 Å². The van der Waals surface area contributed by atoms with Gasteiger partial charge in [-0.2, -0.15) is 0 Å². The second kappa shape index (κ2) is 7.77. The molecule has 1 aromatic heterocycles. The van der Waals surface area contributed by atoms with Crippen LogP contribution in [0.4, 0.5) is 0 Å². The van der Waals surface area contributed by atoms with Gasteiger partial charge in [-0.05, 0) is 49.7 Å². The van der Waals surface area contributed by atoms with Crippen molar-refractivity contribution in [2.24, 2.45) is 11.8 Å². The summed E-state index contributed by atoms with van der Waals surface area (Å²) in [6.07, 6.45) is 4.17. The van der Waals surface area contributed by atoms with E-state index < -0.39 is 0 Å². The highest BCUT2D eigenvalue weighted by molar-refractivity contribution is 5.96. The van der Waals surface area contributed by atoms with Crippen LogP contribution in [0, 0.1) is 11.8 Å². The molecule has 0 saturated carbocycles. The summed E-state index contributed by atoms with van der Waals surface area (Å²) in [6.45, 7) is 10.2. The van der Waals surface area contributed by atoms with Crippen molar-refractivity contribution in [2.75, 3.05) is 13.1 Å². The van der Waals surface area contributed by atoms with Crippen LogP contribution in [0.1, 0.15) is 74.4 Å². The van der Waals surface area contributed by atoms with E-state index in [0.717, 1.165) is 38.8 Å². The fourth-order valence-electron chi connectivity index (χ4n) is 4.44. The molecule has 26 heavy (non-hydrogen) atoms. The monoisotopic (exact) mass is 357 g/mol. The summed E-state index contributed by atoms with van der Waals surface area (Å²) < 4.78 is 0. The Bertz CT molecular complexity index is 618. The maximum Gasteiger partial charge on any atom is 0.272 e. The van der Waals surface area contributed by atoms with Crippen molar-refractivity contribution in [3.8, 4) is 0 Å². The molecule has 5 nitrogen and oxygen atoms in total. The third kappa shape index (κ3) is 3.62. The minimum Gasteiger partial charge on any atom is -0.334 e. The van der Waals surface area contributed by atoms with E-state index in [1.54, 1.807) is 18.2 Å². The molecule has 0 N–H and O–H groups in total. The Labute approximate surface area is 156 Å². The summed E-state index contributed by atoms with van der Waals surface area (Å²) in [4.78, 5) is 34.3. The van der Waals surface area contributed by atoms with E-state index in [0.29, 0.717) is 23.2 Å². The van der Waals surface area contributed by atoms with Gasteiger partial charge in [-0.1, -0.05) is 33.8 Å². The average Bonchev–Trinajstić information content (AvgIpc) is 3.29. The largest absolute Gasteiger partial charge is 0.334 e. The fraction of sp³-hybridized carbons (Fsp3) is 0.667. The zero-order valence-electron chi connectivity index (χ0n) is 16.4. The quantitative estimate of drug-likeness (QED) is 0.827. The van der Waals surface area contributed by atoms with Gasteiger partial charge in [0.15, 0.2) is 0 Å². The van der Waals surface area contributed by atoms with Crippen LogP contribution in [0.2, 0.25) is 0 Å². The van der Waals surface area contributed by atoms with Crippen molar-refractivity contribution in [2.45, 2.75) is 65.5 Å². The van der Waals surface area contributed by atoms with Gasteiger partial charge in [0.25, 0.3) is 11.8 Å². The Balaban J connectivity index is 1.80. The van der Waals surface area contributed by atoms with Crippen molar-refractivity contribution in [3.05, 3.63) is 29.6 Å². The van der Waals surface area contributed by atoms with E-state index in [2.05, 4.69) is 32.7 Å². The van der Waals surface area contributed by atoms with Crippen molar-refractivity contribution in [1.82, 2.24) is 14.8 Å². The number of carbonyl (C=O) groups is 2. The lowest BCUT2D eigenvalue weighted by atomic mass is 10.0. The molecule has 3 rings (SSSR count). The van der Waals surface area contributed by atoms with E-state index in [-0.39, 0.29) is 23.9 Å². The molecule has 142 valence electrons. The Morgan fingerprint density at radius 3 is 1.69 bits per heavy atom. The first-order valence-electron chi connectivity index (χ1n) is 9.99. The topological polar surface area (TPSA) is 53.5 Å². The van der Waals surface area contributed by atoms with Gasteiger partial charge in [-0.3, -0.25) is 9.59 Å². The van der Waals surface area contributed by atoms with Gasteiger partial charge in [0, 0.05) is 25.2 Å². The van der Waals surface area contributed by atoms with Crippen LogP contribution in [0.15, 0.2) is 18.2 Å². The number of hydrogen-bond donors (Lipinski definition) is 0. The molecule has 0 radical (unpaired) electrons. The van der Waals surface area contributed by atoms with Gasteiger partial charge < -0.3 is 9.80 Å². The normalized spacial score (nSPS) is 23.3. The second-order valence-corrected chi connectivity index (χ2v) is 8.31. The first-order valence-corrected chi connectivity index (χ1v) is 9.99. The molecule has 0 unspecified atom stereocenters. The molecule has 1 aromatic rings. The van der Waals surface area contributed by atoms with Crippen LogP contribution in [-0.2, 0) is 0 Å². The van der Waals surface area contributed by atoms with E-state index in [9.17, 15) is 9.59 Å². The van der Waals surface area contributed by atoms with Gasteiger partial charge >= 0.3 is 0 Å². The average molecular weight is 357 g/mol. The second-order valence-electron chi connectivity index (χ2n) is 8.31. The summed E-state index contributed by atoms with van der Waals surface area (Å²) in [5.41, 5.74) is 0.785. The first kappa shape index (κ1) is 18.9. The van der Waals surface area contributed by atoms with Crippen molar-refractivity contribution in [3.63, 3.8) is 0 Å². The molecule has 5 heteroatoms. The molecular weight excluding hydrogens is 326 g/mol. The summed E-state index contributed by atoms with van der Waals surface area (Å²) >= 11 is 0. The number of likely N-dealkylation sites (tertiary alicyclic amines) is 2. The minimum atomic E-state index is -0.0438. The predicted molar refractivity (Wildman–Crippen MR) is 102 cm³/mol. The van der Waals surface area contributed by atoms with Gasteiger partial charge in [0.2, 0.25) is 0 Å². The van der Waals surface area contributed by atoms with Gasteiger partial charge in [0.05, 0.1) is 0 Å². The lowest BCUT2D eigenvalue weighted by molar-refractivity contribution is 0.0687. The number of carbonyl (C=O) groups excluding carboxylic acids is 2. The lowest BCUT2D eigenvalue weighted by Crippen LogP contribution is -2.40. The molecule has 2 fully saturated rings. The van der Waals surface area contributed by atoms with Crippen LogP contribution < -0.4 is 0 Å².